The Morgan fingerprint density at radius 2 is 1.69 bits per heavy atom. The van der Waals surface area contributed by atoms with Crippen LogP contribution in [0.3, 0.4) is 0 Å². The van der Waals surface area contributed by atoms with Crippen molar-refractivity contribution in [2.24, 2.45) is 0 Å². The van der Waals surface area contributed by atoms with E-state index in [0.29, 0.717) is 29.6 Å². The minimum Gasteiger partial charge on any atom is -0.471 e. The lowest BCUT2D eigenvalue weighted by Gasteiger charge is -2.34. The molecule has 1 fully saturated rings. The van der Waals surface area contributed by atoms with Gasteiger partial charge in [-0.15, -0.1) is 0 Å². The van der Waals surface area contributed by atoms with Crippen molar-refractivity contribution in [1.29, 1.82) is 0 Å². The molecule has 5 rings (SSSR count). The quantitative estimate of drug-likeness (QED) is 0.374. The van der Waals surface area contributed by atoms with Gasteiger partial charge in [0, 0.05) is 55.2 Å². The van der Waals surface area contributed by atoms with E-state index in [1.165, 1.54) is 5.56 Å². The van der Waals surface area contributed by atoms with E-state index in [4.69, 9.17) is 21.4 Å². The van der Waals surface area contributed by atoms with Gasteiger partial charge in [0.1, 0.15) is 11.4 Å². The van der Waals surface area contributed by atoms with Gasteiger partial charge in [-0.25, -0.2) is 9.36 Å². The summed E-state index contributed by atoms with van der Waals surface area (Å²) in [4.78, 5) is 17.5. The van der Waals surface area contributed by atoms with E-state index < -0.39 is 0 Å². The molecule has 0 aliphatic carbocycles. The Morgan fingerprint density at radius 3 is 2.42 bits per heavy atom. The molecule has 0 unspecified atom stereocenters. The first-order chi connectivity index (χ1) is 17.5. The van der Waals surface area contributed by atoms with Gasteiger partial charge in [-0.05, 0) is 56.3 Å². The first-order valence-corrected chi connectivity index (χ1v) is 12.4. The molecule has 0 spiro atoms. The molecule has 2 aromatic carbocycles. The topological polar surface area (TPSA) is 68.4 Å². The minimum atomic E-state index is -0.0314. The summed E-state index contributed by atoms with van der Waals surface area (Å²) >= 11 is 5.93. The second kappa shape index (κ2) is 10.6. The zero-order valence-corrected chi connectivity index (χ0v) is 21.2. The van der Waals surface area contributed by atoms with E-state index in [1.54, 1.807) is 41.2 Å². The van der Waals surface area contributed by atoms with Gasteiger partial charge in [0.25, 0.3) is 5.91 Å². The molecule has 1 amide bonds. The van der Waals surface area contributed by atoms with Gasteiger partial charge in [0.05, 0.1) is 11.4 Å². The molecule has 36 heavy (non-hydrogen) atoms. The van der Waals surface area contributed by atoms with E-state index in [2.05, 4.69) is 36.0 Å². The highest BCUT2D eigenvalue weighted by Crippen LogP contribution is 2.21. The number of benzene rings is 2. The van der Waals surface area contributed by atoms with Crippen molar-refractivity contribution in [3.05, 3.63) is 94.5 Å². The molecule has 0 bridgehead atoms. The Bertz CT molecular complexity index is 1320. The fraction of sp³-hybridized carbons (Fsp3) is 0.296. The van der Waals surface area contributed by atoms with Gasteiger partial charge >= 0.3 is 0 Å². The number of aryl methyl sites for hydroxylation is 1. The van der Waals surface area contributed by atoms with E-state index in [0.717, 1.165) is 36.7 Å². The fourth-order valence-corrected chi connectivity index (χ4v) is 4.63. The number of carbonyl (C=O) groups excluding carboxylic acids is 1. The van der Waals surface area contributed by atoms with Crippen molar-refractivity contribution in [1.82, 2.24) is 29.4 Å². The van der Waals surface area contributed by atoms with Gasteiger partial charge in [0.2, 0.25) is 0 Å². The number of aromatic nitrogens is 4. The number of ether oxygens (including phenoxy) is 1. The van der Waals surface area contributed by atoms with Crippen molar-refractivity contribution >= 4 is 17.5 Å². The summed E-state index contributed by atoms with van der Waals surface area (Å²) < 4.78 is 9.38. The molecule has 8 nitrogen and oxygen atoms in total. The zero-order valence-electron chi connectivity index (χ0n) is 20.5. The molecular formula is C27H29ClN6O2. The molecule has 1 aliphatic rings. The van der Waals surface area contributed by atoms with Crippen LogP contribution in [0.1, 0.15) is 27.4 Å². The van der Waals surface area contributed by atoms with Crippen LogP contribution in [0.15, 0.2) is 66.9 Å². The van der Waals surface area contributed by atoms with Crippen molar-refractivity contribution in [3.8, 4) is 11.4 Å². The molecule has 1 aliphatic heterocycles. The number of amides is 1. The molecule has 0 atom stereocenters. The van der Waals surface area contributed by atoms with Crippen molar-refractivity contribution in [3.63, 3.8) is 0 Å². The van der Waals surface area contributed by atoms with Gasteiger partial charge in [-0.3, -0.25) is 9.69 Å². The zero-order chi connectivity index (χ0) is 25.1. The molecule has 2 aromatic heterocycles. The van der Waals surface area contributed by atoms with Crippen LogP contribution in [0.2, 0.25) is 5.02 Å². The molecular weight excluding hydrogens is 476 g/mol. The average Bonchev–Trinajstić information content (AvgIpc) is 3.49. The maximum Gasteiger partial charge on any atom is 0.272 e. The van der Waals surface area contributed by atoms with Gasteiger partial charge in [-0.1, -0.05) is 29.8 Å². The third-order valence-electron chi connectivity index (χ3n) is 6.59. The number of nitrogens with zero attached hydrogens (tertiary/aromatic N) is 6. The Kier molecular flexibility index (Phi) is 7.06. The van der Waals surface area contributed by atoms with Crippen LogP contribution in [-0.2, 0) is 13.3 Å². The molecule has 1 saturated heterocycles. The maximum absolute atomic E-state index is 13.2. The van der Waals surface area contributed by atoms with Gasteiger partial charge in [-0.2, -0.15) is 10.2 Å². The molecule has 9 heteroatoms. The van der Waals surface area contributed by atoms with Crippen LogP contribution in [0.4, 0.5) is 0 Å². The lowest BCUT2D eigenvalue weighted by molar-refractivity contribution is 0.0607. The van der Waals surface area contributed by atoms with Crippen LogP contribution < -0.4 is 4.74 Å². The highest BCUT2D eigenvalue weighted by Gasteiger charge is 2.26. The van der Waals surface area contributed by atoms with Gasteiger partial charge < -0.3 is 9.64 Å². The Hall–Kier alpha value is -3.62. The number of carbonyl (C=O) groups is 1. The highest BCUT2D eigenvalue weighted by molar-refractivity contribution is 6.30. The molecule has 0 radical (unpaired) electrons. The van der Waals surface area contributed by atoms with Crippen molar-refractivity contribution < 1.29 is 9.53 Å². The van der Waals surface area contributed by atoms with Crippen molar-refractivity contribution in [2.75, 3.05) is 26.2 Å². The minimum absolute atomic E-state index is 0.0314. The van der Waals surface area contributed by atoms with Crippen LogP contribution in [0.5, 0.6) is 5.75 Å². The van der Waals surface area contributed by atoms with Crippen molar-refractivity contribution in [2.45, 2.75) is 27.1 Å². The third kappa shape index (κ3) is 5.15. The third-order valence-corrected chi connectivity index (χ3v) is 6.84. The van der Waals surface area contributed by atoms with Crippen LogP contribution in [0.25, 0.3) is 5.69 Å². The summed E-state index contributed by atoms with van der Waals surface area (Å²) in [6, 6.07) is 19.1. The summed E-state index contributed by atoms with van der Waals surface area (Å²) in [6.45, 7) is 8.08. The molecule has 0 saturated carbocycles. The number of rotatable bonds is 7. The predicted molar refractivity (Wildman–Crippen MR) is 139 cm³/mol. The highest BCUT2D eigenvalue weighted by atomic mass is 35.5. The Balaban J connectivity index is 1.19. The number of halogens is 1. The second-order valence-corrected chi connectivity index (χ2v) is 9.34. The molecule has 186 valence electrons. The average molecular weight is 505 g/mol. The van der Waals surface area contributed by atoms with E-state index in [9.17, 15) is 4.79 Å². The first kappa shape index (κ1) is 24.1. The number of piperazine rings is 1. The van der Waals surface area contributed by atoms with E-state index in [-0.39, 0.29) is 12.6 Å². The summed E-state index contributed by atoms with van der Waals surface area (Å²) in [7, 11) is 0. The Labute approximate surface area is 215 Å². The lowest BCUT2D eigenvalue weighted by atomic mass is 10.1. The lowest BCUT2D eigenvalue weighted by Crippen LogP contribution is -2.48. The van der Waals surface area contributed by atoms with Crippen LogP contribution in [-0.4, -0.2) is 61.4 Å². The normalized spacial score (nSPS) is 14.2. The predicted octanol–water partition coefficient (Wildman–Crippen LogP) is 4.33. The van der Waals surface area contributed by atoms with E-state index in [1.807, 2.05) is 27.8 Å². The summed E-state index contributed by atoms with van der Waals surface area (Å²) in [5.74, 6) is 0.638. The first-order valence-electron chi connectivity index (χ1n) is 12.0. The molecule has 3 heterocycles. The SMILES string of the molecule is Cc1nn(-c2ccccc2)c(C)c1CN1CCN(C(=O)c2ccnn2COc2ccc(Cl)cc2)CC1. The van der Waals surface area contributed by atoms with E-state index >= 15 is 0 Å². The summed E-state index contributed by atoms with van der Waals surface area (Å²) in [5, 5.41) is 9.70. The number of para-hydroxylation sites is 1. The molecule has 4 aromatic rings. The van der Waals surface area contributed by atoms with Gasteiger partial charge in [0.15, 0.2) is 6.73 Å². The summed E-state index contributed by atoms with van der Waals surface area (Å²) in [6.07, 6.45) is 1.63. The standard InChI is InChI=1S/C27H29ClN6O2/c1-20-25(21(2)34(30-20)23-6-4-3-5-7-23)18-31-14-16-32(17-15-31)27(35)26-12-13-29-33(26)19-36-24-10-8-22(28)9-11-24/h3-13H,14-19H2,1-2H3. The monoisotopic (exact) mass is 504 g/mol. The van der Waals surface area contributed by atoms with Crippen LogP contribution in [0, 0.1) is 13.8 Å². The second-order valence-electron chi connectivity index (χ2n) is 8.91. The maximum atomic E-state index is 13.2. The largest absolute Gasteiger partial charge is 0.471 e. The number of hydrogen-bond acceptors (Lipinski definition) is 5. The Morgan fingerprint density at radius 1 is 0.972 bits per heavy atom. The van der Waals surface area contributed by atoms with Crippen LogP contribution >= 0.6 is 11.6 Å². The fourth-order valence-electron chi connectivity index (χ4n) is 4.50. The molecule has 0 N–H and O–H groups in total. The number of hydrogen-bond donors (Lipinski definition) is 0. The summed E-state index contributed by atoms with van der Waals surface area (Å²) in [5.41, 5.74) is 5.03. The smallest absolute Gasteiger partial charge is 0.272 e.